The zero-order valence-corrected chi connectivity index (χ0v) is 12.7. The highest BCUT2D eigenvalue weighted by Gasteiger charge is 2.83. The van der Waals surface area contributed by atoms with E-state index in [9.17, 15) is 44.3 Å². The number of nitrogens with one attached hydrogen (secondary N) is 1. The van der Waals surface area contributed by atoms with Crippen LogP contribution in [0.3, 0.4) is 0 Å². The molecular formula is C11H5F9INO. The quantitative estimate of drug-likeness (QED) is 0.508. The molecule has 0 aliphatic rings. The Labute approximate surface area is 136 Å². The van der Waals surface area contributed by atoms with Crippen molar-refractivity contribution in [3.05, 3.63) is 27.8 Å². The Morgan fingerprint density at radius 3 is 1.65 bits per heavy atom. The summed E-state index contributed by atoms with van der Waals surface area (Å²) in [6.07, 6.45) is -6.97. The van der Waals surface area contributed by atoms with Crippen LogP contribution < -0.4 is 5.32 Å². The molecule has 23 heavy (non-hydrogen) atoms. The monoisotopic (exact) mass is 465 g/mol. The van der Waals surface area contributed by atoms with Crippen molar-refractivity contribution in [2.75, 3.05) is 5.32 Å². The SMILES string of the molecule is O=C(Nc1ccc(I)cc1)C(F)(F)C(F)(F)C(F)(F)C(F)(F)F. The van der Waals surface area contributed by atoms with E-state index in [-0.39, 0.29) is 0 Å². The second kappa shape index (κ2) is 6.02. The van der Waals surface area contributed by atoms with Crippen molar-refractivity contribution in [3.8, 4) is 0 Å². The van der Waals surface area contributed by atoms with Crippen LogP contribution in [-0.4, -0.2) is 29.9 Å². The topological polar surface area (TPSA) is 29.1 Å². The molecule has 1 rings (SSSR count). The van der Waals surface area contributed by atoms with Gasteiger partial charge in [0.25, 0.3) is 0 Å². The number of anilines is 1. The standard InChI is InChI=1S/C11H5F9INO/c12-8(13,9(14,15)10(16,17)11(18,19)20)7(23)22-6-3-1-5(21)2-4-6/h1-4H,(H,22,23). The minimum absolute atomic E-state index is 0.485. The lowest BCUT2D eigenvalue weighted by Crippen LogP contribution is -2.64. The van der Waals surface area contributed by atoms with Crippen molar-refractivity contribution >= 4 is 34.2 Å². The van der Waals surface area contributed by atoms with E-state index in [1.54, 1.807) is 22.6 Å². The minimum Gasteiger partial charge on any atom is -0.321 e. The first-order chi connectivity index (χ1) is 10.1. The maximum Gasteiger partial charge on any atom is 0.460 e. The third-order valence-electron chi connectivity index (χ3n) is 2.53. The van der Waals surface area contributed by atoms with Crippen LogP contribution in [0.5, 0.6) is 0 Å². The molecule has 0 atom stereocenters. The first kappa shape index (κ1) is 19.8. The van der Waals surface area contributed by atoms with Gasteiger partial charge in [0.05, 0.1) is 0 Å². The Morgan fingerprint density at radius 2 is 1.26 bits per heavy atom. The molecule has 0 saturated carbocycles. The molecule has 0 bridgehead atoms. The summed E-state index contributed by atoms with van der Waals surface area (Å²) in [7, 11) is 0. The first-order valence-corrected chi connectivity index (χ1v) is 6.49. The van der Waals surface area contributed by atoms with Crippen LogP contribution >= 0.6 is 22.6 Å². The van der Waals surface area contributed by atoms with E-state index < -0.39 is 35.5 Å². The summed E-state index contributed by atoms with van der Waals surface area (Å²) in [6, 6.07) is 4.43. The number of halogens is 10. The van der Waals surface area contributed by atoms with Crippen LogP contribution in [0.15, 0.2) is 24.3 Å². The van der Waals surface area contributed by atoms with Gasteiger partial charge in [0.15, 0.2) is 0 Å². The number of alkyl halides is 9. The summed E-state index contributed by atoms with van der Waals surface area (Å²) in [5, 5.41) is 1.17. The zero-order chi connectivity index (χ0) is 18.3. The van der Waals surface area contributed by atoms with Gasteiger partial charge < -0.3 is 5.32 Å². The third kappa shape index (κ3) is 3.50. The highest BCUT2D eigenvalue weighted by Crippen LogP contribution is 2.53. The molecule has 0 aliphatic heterocycles. The number of benzene rings is 1. The predicted octanol–water partition coefficient (Wildman–Crippen LogP) is 4.70. The van der Waals surface area contributed by atoms with Crippen LogP contribution in [-0.2, 0) is 4.79 Å². The van der Waals surface area contributed by atoms with E-state index >= 15 is 0 Å². The van der Waals surface area contributed by atoms with E-state index in [1.807, 2.05) is 0 Å². The summed E-state index contributed by atoms with van der Waals surface area (Å²) < 4.78 is 114. The van der Waals surface area contributed by atoms with E-state index in [2.05, 4.69) is 0 Å². The van der Waals surface area contributed by atoms with Gasteiger partial charge in [-0.2, -0.15) is 39.5 Å². The molecule has 0 unspecified atom stereocenters. The number of amides is 1. The van der Waals surface area contributed by atoms with E-state index in [4.69, 9.17) is 0 Å². The molecule has 1 amide bonds. The van der Waals surface area contributed by atoms with E-state index in [0.29, 0.717) is 3.57 Å². The summed E-state index contributed by atoms with van der Waals surface area (Å²) in [5.41, 5.74) is -0.485. The molecule has 130 valence electrons. The van der Waals surface area contributed by atoms with Gasteiger partial charge in [0.1, 0.15) is 0 Å². The molecule has 2 nitrogen and oxygen atoms in total. The number of rotatable bonds is 4. The molecule has 0 fully saturated rings. The molecular weight excluding hydrogens is 460 g/mol. The van der Waals surface area contributed by atoms with Gasteiger partial charge in [-0.1, -0.05) is 0 Å². The summed E-state index contributed by atoms with van der Waals surface area (Å²) in [6.45, 7) is 0. The van der Waals surface area contributed by atoms with Crippen LogP contribution in [0.4, 0.5) is 45.2 Å². The second-order valence-electron chi connectivity index (χ2n) is 4.18. The van der Waals surface area contributed by atoms with Gasteiger partial charge in [-0.3, -0.25) is 4.79 Å². The van der Waals surface area contributed by atoms with Crippen molar-refractivity contribution in [2.24, 2.45) is 0 Å². The fourth-order valence-electron chi connectivity index (χ4n) is 1.26. The average molecular weight is 465 g/mol. The summed E-state index contributed by atoms with van der Waals surface area (Å²) >= 11 is 1.77. The molecule has 12 heteroatoms. The molecule has 0 radical (unpaired) electrons. The van der Waals surface area contributed by atoms with E-state index in [0.717, 1.165) is 12.1 Å². The molecule has 0 spiro atoms. The van der Waals surface area contributed by atoms with Crippen LogP contribution in [0.1, 0.15) is 0 Å². The Morgan fingerprint density at radius 1 is 0.826 bits per heavy atom. The summed E-state index contributed by atoms with van der Waals surface area (Å²) in [5.74, 6) is -23.4. The van der Waals surface area contributed by atoms with Gasteiger partial charge in [0, 0.05) is 9.26 Å². The minimum atomic E-state index is -7.10. The van der Waals surface area contributed by atoms with Crippen molar-refractivity contribution < 1.29 is 44.3 Å². The highest BCUT2D eigenvalue weighted by molar-refractivity contribution is 14.1. The molecule has 1 N–H and O–H groups in total. The van der Waals surface area contributed by atoms with Crippen molar-refractivity contribution in [3.63, 3.8) is 0 Å². The Balaban J connectivity index is 3.13. The molecule has 1 aromatic carbocycles. The first-order valence-electron chi connectivity index (χ1n) is 5.42. The third-order valence-corrected chi connectivity index (χ3v) is 3.25. The lowest BCUT2D eigenvalue weighted by Gasteiger charge is -2.32. The zero-order valence-electron chi connectivity index (χ0n) is 10.5. The number of carbonyl (C=O) groups excluding carboxylic acids is 1. The van der Waals surface area contributed by atoms with Crippen LogP contribution in [0.25, 0.3) is 0 Å². The largest absolute Gasteiger partial charge is 0.460 e. The predicted molar refractivity (Wildman–Crippen MR) is 68.7 cm³/mol. The van der Waals surface area contributed by atoms with Crippen molar-refractivity contribution in [1.82, 2.24) is 0 Å². The van der Waals surface area contributed by atoms with Gasteiger partial charge >= 0.3 is 29.9 Å². The van der Waals surface area contributed by atoms with Crippen molar-refractivity contribution in [2.45, 2.75) is 23.9 Å². The molecule has 0 heterocycles. The van der Waals surface area contributed by atoms with Gasteiger partial charge in [-0.25, -0.2) is 0 Å². The molecule has 0 saturated heterocycles. The summed E-state index contributed by atoms with van der Waals surface area (Å²) in [4.78, 5) is 11.1. The fraction of sp³-hybridized carbons (Fsp3) is 0.364. The van der Waals surface area contributed by atoms with Crippen molar-refractivity contribution in [1.29, 1.82) is 0 Å². The van der Waals surface area contributed by atoms with Gasteiger partial charge in [0.2, 0.25) is 0 Å². The Kier molecular flexibility index (Phi) is 5.19. The van der Waals surface area contributed by atoms with Crippen LogP contribution in [0, 0.1) is 3.57 Å². The lowest BCUT2D eigenvalue weighted by molar-refractivity contribution is -0.388. The maximum absolute atomic E-state index is 13.2. The molecule has 0 aromatic heterocycles. The van der Waals surface area contributed by atoms with Gasteiger partial charge in [-0.05, 0) is 46.9 Å². The Hall–Kier alpha value is -1.21. The fourth-order valence-corrected chi connectivity index (χ4v) is 1.62. The Bertz CT molecular complexity index is 582. The number of hydrogen-bond donors (Lipinski definition) is 1. The average Bonchev–Trinajstić information content (AvgIpc) is 2.39. The van der Waals surface area contributed by atoms with Gasteiger partial charge in [-0.15, -0.1) is 0 Å². The lowest BCUT2D eigenvalue weighted by atomic mass is 10.0. The second-order valence-corrected chi connectivity index (χ2v) is 5.43. The smallest absolute Gasteiger partial charge is 0.321 e. The number of hydrogen-bond acceptors (Lipinski definition) is 1. The number of carbonyl (C=O) groups is 1. The molecule has 0 aliphatic carbocycles. The molecule has 1 aromatic rings. The normalized spacial score (nSPS) is 13.8. The van der Waals surface area contributed by atoms with E-state index in [1.165, 1.54) is 17.4 Å². The van der Waals surface area contributed by atoms with Crippen LogP contribution in [0.2, 0.25) is 0 Å². The highest BCUT2D eigenvalue weighted by atomic mass is 127. The maximum atomic E-state index is 13.2.